The van der Waals surface area contributed by atoms with Crippen LogP contribution < -0.4 is 11.1 Å². The zero-order valence-corrected chi connectivity index (χ0v) is 12.8. The van der Waals surface area contributed by atoms with E-state index in [0.717, 1.165) is 25.8 Å². The lowest BCUT2D eigenvalue weighted by atomic mass is 9.92. The molecule has 0 saturated heterocycles. The molecule has 0 aromatic heterocycles. The van der Waals surface area contributed by atoms with Crippen molar-refractivity contribution in [2.45, 2.75) is 38.5 Å². The molecule has 3 N–H and O–H groups in total. The summed E-state index contributed by atoms with van der Waals surface area (Å²) in [4.78, 5) is 12.5. The average molecular weight is 286 g/mol. The number of hydrogen-bond acceptors (Lipinski definition) is 2. The molecule has 0 spiro atoms. The lowest BCUT2D eigenvalue weighted by Gasteiger charge is -2.14. The first-order valence-electron chi connectivity index (χ1n) is 8.31. The molecular formula is C18H26N2O. The predicted octanol–water partition coefficient (Wildman–Crippen LogP) is 2.45. The fourth-order valence-corrected chi connectivity index (χ4v) is 3.97. The zero-order chi connectivity index (χ0) is 14.8. The van der Waals surface area contributed by atoms with Gasteiger partial charge in [0.05, 0.1) is 0 Å². The maximum absolute atomic E-state index is 12.5. The minimum atomic E-state index is 0.212. The first-order chi connectivity index (χ1) is 10.3. The molecule has 4 unspecified atom stereocenters. The summed E-state index contributed by atoms with van der Waals surface area (Å²) in [7, 11) is 0. The Bertz CT molecular complexity index is 514. The van der Waals surface area contributed by atoms with Crippen LogP contribution in [0.4, 0.5) is 0 Å². The van der Waals surface area contributed by atoms with Gasteiger partial charge >= 0.3 is 0 Å². The van der Waals surface area contributed by atoms with Crippen LogP contribution in [0.15, 0.2) is 24.3 Å². The normalized spacial score (nSPS) is 27.4. The number of nitrogens with two attached hydrogens (primary N) is 1. The van der Waals surface area contributed by atoms with Crippen molar-refractivity contribution in [2.75, 3.05) is 13.1 Å². The van der Waals surface area contributed by atoms with Gasteiger partial charge in [0, 0.05) is 12.5 Å². The Kier molecular flexibility index (Phi) is 4.29. The van der Waals surface area contributed by atoms with Crippen LogP contribution in [0.3, 0.4) is 0 Å². The summed E-state index contributed by atoms with van der Waals surface area (Å²) in [6, 6.07) is 8.63. The van der Waals surface area contributed by atoms with Crippen LogP contribution in [0.25, 0.3) is 0 Å². The summed E-state index contributed by atoms with van der Waals surface area (Å²) in [6.07, 6.45) is 4.38. The highest BCUT2D eigenvalue weighted by molar-refractivity contribution is 5.84. The molecule has 4 atom stereocenters. The molecule has 2 aliphatic carbocycles. The van der Waals surface area contributed by atoms with Gasteiger partial charge in [0.2, 0.25) is 5.91 Å². The van der Waals surface area contributed by atoms with Crippen LogP contribution in [0.5, 0.6) is 0 Å². The number of amides is 1. The number of carbonyl (C=O) groups is 1. The minimum Gasteiger partial charge on any atom is -0.356 e. The van der Waals surface area contributed by atoms with Crippen molar-refractivity contribution in [2.24, 2.45) is 23.5 Å². The quantitative estimate of drug-likeness (QED) is 0.844. The number of rotatable bonds is 6. The molecule has 0 radical (unpaired) electrons. The van der Waals surface area contributed by atoms with Gasteiger partial charge in [-0.3, -0.25) is 4.79 Å². The monoisotopic (exact) mass is 286 g/mol. The molecule has 114 valence electrons. The number of hydrogen-bond donors (Lipinski definition) is 2. The number of carbonyl (C=O) groups excluding carboxylic acids is 1. The van der Waals surface area contributed by atoms with Gasteiger partial charge in [-0.1, -0.05) is 37.6 Å². The van der Waals surface area contributed by atoms with E-state index in [9.17, 15) is 4.79 Å². The Morgan fingerprint density at radius 1 is 1.43 bits per heavy atom. The Hall–Kier alpha value is -1.35. The maximum Gasteiger partial charge on any atom is 0.224 e. The fourth-order valence-electron chi connectivity index (χ4n) is 3.97. The van der Waals surface area contributed by atoms with E-state index in [4.69, 9.17) is 5.73 Å². The molecule has 1 saturated carbocycles. The summed E-state index contributed by atoms with van der Waals surface area (Å²) < 4.78 is 0. The fraction of sp³-hybridized carbons (Fsp3) is 0.611. The Balaban J connectivity index is 1.59. The number of benzene rings is 1. The van der Waals surface area contributed by atoms with Crippen LogP contribution >= 0.6 is 0 Å². The van der Waals surface area contributed by atoms with Crippen LogP contribution in [-0.4, -0.2) is 19.0 Å². The van der Waals surface area contributed by atoms with Gasteiger partial charge in [-0.05, 0) is 54.7 Å². The van der Waals surface area contributed by atoms with Gasteiger partial charge in [-0.15, -0.1) is 0 Å². The second-order valence-electron chi connectivity index (χ2n) is 6.55. The van der Waals surface area contributed by atoms with Crippen molar-refractivity contribution in [3.63, 3.8) is 0 Å². The topological polar surface area (TPSA) is 55.1 Å². The highest BCUT2D eigenvalue weighted by Crippen LogP contribution is 2.59. The standard InChI is InChI=1S/C18H26N2O/c1-2-12(9-10-19)11-20-18(21)17-15-8-7-13-5-3-4-6-14(13)16(15)17/h3-6,12,15-17H,2,7-11,19H2,1H3,(H,20,21). The number of nitrogens with one attached hydrogen (secondary N) is 1. The second kappa shape index (κ2) is 6.18. The molecule has 0 heterocycles. The third-order valence-electron chi connectivity index (χ3n) is 5.35. The Labute approximate surface area is 127 Å². The van der Waals surface area contributed by atoms with Gasteiger partial charge in [-0.2, -0.15) is 0 Å². The van der Waals surface area contributed by atoms with Crippen LogP contribution in [0.1, 0.15) is 43.2 Å². The molecule has 0 bridgehead atoms. The first-order valence-corrected chi connectivity index (χ1v) is 8.31. The number of aryl methyl sites for hydroxylation is 1. The molecule has 1 aromatic rings. The highest BCUT2D eigenvalue weighted by atomic mass is 16.2. The Morgan fingerprint density at radius 2 is 2.24 bits per heavy atom. The van der Waals surface area contributed by atoms with Gasteiger partial charge in [0.15, 0.2) is 0 Å². The predicted molar refractivity (Wildman–Crippen MR) is 84.9 cm³/mol. The second-order valence-corrected chi connectivity index (χ2v) is 6.55. The SMILES string of the molecule is CCC(CCN)CNC(=O)C1C2CCc3ccccc3C21. The molecule has 1 fully saturated rings. The van der Waals surface area contributed by atoms with Gasteiger partial charge in [-0.25, -0.2) is 0 Å². The summed E-state index contributed by atoms with van der Waals surface area (Å²) in [6.45, 7) is 3.65. The summed E-state index contributed by atoms with van der Waals surface area (Å²) in [5.41, 5.74) is 8.49. The van der Waals surface area contributed by atoms with Crippen LogP contribution in [0, 0.1) is 17.8 Å². The van der Waals surface area contributed by atoms with Crippen LogP contribution in [0.2, 0.25) is 0 Å². The highest BCUT2D eigenvalue weighted by Gasteiger charge is 2.56. The molecule has 1 aromatic carbocycles. The van der Waals surface area contributed by atoms with E-state index >= 15 is 0 Å². The molecular weight excluding hydrogens is 260 g/mol. The summed E-state index contributed by atoms with van der Waals surface area (Å²) >= 11 is 0. The van der Waals surface area contributed by atoms with Gasteiger partial charge in [0.25, 0.3) is 0 Å². The first kappa shape index (κ1) is 14.6. The lowest BCUT2D eigenvalue weighted by molar-refractivity contribution is -0.122. The van der Waals surface area contributed by atoms with Crippen molar-refractivity contribution in [3.8, 4) is 0 Å². The minimum absolute atomic E-state index is 0.212. The van der Waals surface area contributed by atoms with Gasteiger partial charge < -0.3 is 11.1 Å². The van der Waals surface area contributed by atoms with Crippen molar-refractivity contribution >= 4 is 5.91 Å². The van der Waals surface area contributed by atoms with Crippen molar-refractivity contribution in [1.29, 1.82) is 0 Å². The van der Waals surface area contributed by atoms with E-state index in [1.54, 1.807) is 0 Å². The lowest BCUT2D eigenvalue weighted by Crippen LogP contribution is -2.31. The summed E-state index contributed by atoms with van der Waals surface area (Å²) in [5.74, 6) is 2.05. The molecule has 3 heteroatoms. The average Bonchev–Trinajstić information content (AvgIpc) is 3.26. The van der Waals surface area contributed by atoms with Gasteiger partial charge in [0.1, 0.15) is 0 Å². The third kappa shape index (κ3) is 2.84. The molecule has 21 heavy (non-hydrogen) atoms. The smallest absolute Gasteiger partial charge is 0.224 e. The number of fused-ring (bicyclic) bond motifs is 3. The van der Waals surface area contributed by atoms with E-state index < -0.39 is 0 Å². The van der Waals surface area contributed by atoms with Crippen molar-refractivity contribution in [1.82, 2.24) is 5.32 Å². The van der Waals surface area contributed by atoms with E-state index in [-0.39, 0.29) is 11.8 Å². The van der Waals surface area contributed by atoms with E-state index in [2.05, 4.69) is 36.5 Å². The zero-order valence-electron chi connectivity index (χ0n) is 12.8. The van der Waals surface area contributed by atoms with E-state index in [1.165, 1.54) is 17.5 Å². The molecule has 3 nitrogen and oxygen atoms in total. The molecule has 0 aliphatic heterocycles. The third-order valence-corrected chi connectivity index (χ3v) is 5.35. The molecule has 2 aliphatic rings. The van der Waals surface area contributed by atoms with Crippen molar-refractivity contribution in [3.05, 3.63) is 35.4 Å². The Morgan fingerprint density at radius 3 is 3.00 bits per heavy atom. The molecule has 3 rings (SSSR count). The van der Waals surface area contributed by atoms with E-state index in [0.29, 0.717) is 24.3 Å². The van der Waals surface area contributed by atoms with E-state index in [1.807, 2.05) is 0 Å². The maximum atomic E-state index is 12.5. The van der Waals surface area contributed by atoms with Crippen LogP contribution in [-0.2, 0) is 11.2 Å². The molecule has 1 amide bonds. The van der Waals surface area contributed by atoms with Crippen molar-refractivity contribution < 1.29 is 4.79 Å². The largest absolute Gasteiger partial charge is 0.356 e. The summed E-state index contributed by atoms with van der Waals surface area (Å²) in [5, 5.41) is 3.17.